The van der Waals surface area contributed by atoms with Gasteiger partial charge in [-0.05, 0) is 31.7 Å². The molecule has 0 saturated heterocycles. The van der Waals surface area contributed by atoms with E-state index in [1.807, 2.05) is 11.9 Å². The van der Waals surface area contributed by atoms with E-state index in [4.69, 9.17) is 0 Å². The lowest BCUT2D eigenvalue weighted by molar-refractivity contribution is -0.117. The molecule has 1 heterocycles. The summed E-state index contributed by atoms with van der Waals surface area (Å²) in [5, 5.41) is 22.5. The number of amides is 1. The lowest BCUT2D eigenvalue weighted by atomic mass is 9.86. The summed E-state index contributed by atoms with van der Waals surface area (Å²) < 4.78 is 0. The number of aromatic nitrogens is 2. The average molecular weight is 340 g/mol. The zero-order valence-electron chi connectivity index (χ0n) is 14.3. The predicted molar refractivity (Wildman–Crippen MR) is 92.5 cm³/mol. The van der Waals surface area contributed by atoms with Crippen molar-refractivity contribution in [1.82, 2.24) is 15.1 Å². The monoisotopic (exact) mass is 340 g/mol. The number of carbonyl (C=O) groups is 1. The van der Waals surface area contributed by atoms with Gasteiger partial charge in [0.25, 0.3) is 0 Å². The van der Waals surface area contributed by atoms with Crippen LogP contribution in [0.5, 0.6) is 0 Å². The summed E-state index contributed by atoms with van der Waals surface area (Å²) in [6, 6.07) is 0. The second kappa shape index (κ2) is 8.70. The van der Waals surface area contributed by atoms with Crippen LogP contribution in [-0.2, 0) is 11.2 Å². The third-order valence-corrected chi connectivity index (χ3v) is 4.99. The van der Waals surface area contributed by atoms with Crippen molar-refractivity contribution in [3.63, 3.8) is 0 Å². The number of anilines is 1. The molecule has 7 heteroatoms. The highest BCUT2D eigenvalue weighted by Gasteiger charge is 2.24. The molecule has 2 unspecified atom stereocenters. The highest BCUT2D eigenvalue weighted by molar-refractivity contribution is 7.15. The number of nitrogens with zero attached hydrogens (tertiary/aromatic N) is 3. The molecule has 2 rings (SSSR count). The van der Waals surface area contributed by atoms with Crippen LogP contribution in [0.2, 0.25) is 0 Å². The van der Waals surface area contributed by atoms with Crippen LogP contribution in [0.4, 0.5) is 5.13 Å². The lowest BCUT2D eigenvalue weighted by Crippen LogP contribution is -2.38. The molecule has 130 valence electrons. The largest absolute Gasteiger partial charge is 0.393 e. The number of carbonyl (C=O) groups excluding carboxylic acids is 1. The predicted octanol–water partition coefficient (Wildman–Crippen LogP) is 2.16. The van der Waals surface area contributed by atoms with Gasteiger partial charge in [-0.2, -0.15) is 0 Å². The van der Waals surface area contributed by atoms with Gasteiger partial charge in [0.2, 0.25) is 11.0 Å². The van der Waals surface area contributed by atoms with Gasteiger partial charge >= 0.3 is 0 Å². The number of nitrogens with one attached hydrogen (secondary N) is 1. The van der Waals surface area contributed by atoms with E-state index in [9.17, 15) is 9.90 Å². The van der Waals surface area contributed by atoms with E-state index in [0.29, 0.717) is 17.6 Å². The number of hydrogen-bond donors (Lipinski definition) is 2. The van der Waals surface area contributed by atoms with Gasteiger partial charge in [0, 0.05) is 13.0 Å². The van der Waals surface area contributed by atoms with E-state index in [1.54, 1.807) is 0 Å². The Kier molecular flexibility index (Phi) is 6.92. The minimum absolute atomic E-state index is 0.0787. The zero-order chi connectivity index (χ0) is 16.8. The smallest absolute Gasteiger partial charge is 0.240 e. The molecule has 1 saturated carbocycles. The highest BCUT2D eigenvalue weighted by atomic mass is 32.1. The maximum atomic E-state index is 12.1. The molecule has 6 nitrogen and oxygen atoms in total. The Hall–Kier alpha value is -1.05. The molecule has 1 aliphatic carbocycles. The molecular weight excluding hydrogens is 312 g/mol. The van der Waals surface area contributed by atoms with Gasteiger partial charge in [0.1, 0.15) is 5.01 Å². The van der Waals surface area contributed by atoms with E-state index in [0.717, 1.165) is 37.2 Å². The van der Waals surface area contributed by atoms with Crippen molar-refractivity contribution < 1.29 is 9.90 Å². The van der Waals surface area contributed by atoms with E-state index >= 15 is 0 Å². The molecule has 1 amide bonds. The molecule has 0 aromatic carbocycles. The summed E-state index contributed by atoms with van der Waals surface area (Å²) in [5.74, 6) is 0.727. The molecule has 2 N–H and O–H groups in total. The first-order chi connectivity index (χ1) is 10.9. The normalized spacial score (nSPS) is 21.8. The van der Waals surface area contributed by atoms with Gasteiger partial charge in [0.15, 0.2) is 0 Å². The first kappa shape index (κ1) is 18.3. The Morgan fingerprint density at radius 2 is 2.13 bits per heavy atom. The standard InChI is InChI=1S/C16H28N4O2S/c1-11(2)8-15-18-19-16(23-15)17-14(22)10-20(3)9-12-6-4-5-7-13(12)21/h11-13,21H,4-10H2,1-3H3,(H,17,19,22). The minimum Gasteiger partial charge on any atom is -0.393 e. The number of likely N-dealkylation sites (N-methyl/N-ethyl adjacent to an activating group) is 1. The van der Waals surface area contributed by atoms with E-state index in [-0.39, 0.29) is 17.9 Å². The van der Waals surface area contributed by atoms with Gasteiger partial charge in [-0.15, -0.1) is 10.2 Å². The topological polar surface area (TPSA) is 78.4 Å². The quantitative estimate of drug-likeness (QED) is 0.795. The molecule has 0 spiro atoms. The molecule has 23 heavy (non-hydrogen) atoms. The van der Waals surface area contributed by atoms with Crippen molar-refractivity contribution in [2.75, 3.05) is 25.5 Å². The fourth-order valence-electron chi connectivity index (χ4n) is 3.01. The van der Waals surface area contributed by atoms with Crippen molar-refractivity contribution in [1.29, 1.82) is 0 Å². The van der Waals surface area contributed by atoms with Gasteiger partial charge < -0.3 is 5.11 Å². The Morgan fingerprint density at radius 3 is 2.83 bits per heavy atom. The molecule has 1 aromatic rings. The second-order valence-corrected chi connectivity index (χ2v) is 8.02. The Morgan fingerprint density at radius 1 is 1.39 bits per heavy atom. The zero-order valence-corrected chi connectivity index (χ0v) is 15.1. The minimum atomic E-state index is -0.226. The fourth-order valence-corrected chi connectivity index (χ4v) is 3.97. The van der Waals surface area contributed by atoms with Crippen molar-refractivity contribution >= 4 is 22.4 Å². The molecule has 1 aromatic heterocycles. The second-order valence-electron chi connectivity index (χ2n) is 6.96. The summed E-state index contributed by atoms with van der Waals surface area (Å²) >= 11 is 1.44. The van der Waals surface area contributed by atoms with Crippen LogP contribution < -0.4 is 5.32 Å². The summed E-state index contributed by atoms with van der Waals surface area (Å²) in [4.78, 5) is 14.1. The van der Waals surface area contributed by atoms with Crippen molar-refractivity contribution in [2.45, 2.75) is 52.1 Å². The van der Waals surface area contributed by atoms with Crippen LogP contribution in [0.15, 0.2) is 0 Å². The summed E-state index contributed by atoms with van der Waals surface area (Å²) in [7, 11) is 1.92. The highest BCUT2D eigenvalue weighted by Crippen LogP contribution is 2.25. The van der Waals surface area contributed by atoms with Gasteiger partial charge in [0.05, 0.1) is 12.6 Å². The Labute approximate surface area is 142 Å². The van der Waals surface area contributed by atoms with Crippen LogP contribution in [0, 0.1) is 11.8 Å². The molecular formula is C16H28N4O2S. The maximum absolute atomic E-state index is 12.1. The summed E-state index contributed by atoms with van der Waals surface area (Å²) in [6.07, 6.45) is 4.86. The van der Waals surface area contributed by atoms with E-state index in [2.05, 4.69) is 29.4 Å². The number of aliphatic hydroxyl groups excluding tert-OH is 1. The van der Waals surface area contributed by atoms with Crippen molar-refractivity contribution in [2.24, 2.45) is 11.8 Å². The first-order valence-electron chi connectivity index (χ1n) is 8.43. The first-order valence-corrected chi connectivity index (χ1v) is 9.24. The van der Waals surface area contributed by atoms with Gasteiger partial charge in [-0.1, -0.05) is 38.0 Å². The summed E-state index contributed by atoms with van der Waals surface area (Å²) in [5.41, 5.74) is 0. The average Bonchev–Trinajstić information content (AvgIpc) is 2.87. The lowest BCUT2D eigenvalue weighted by Gasteiger charge is -2.30. The molecule has 0 radical (unpaired) electrons. The fraction of sp³-hybridized carbons (Fsp3) is 0.812. The van der Waals surface area contributed by atoms with Crippen molar-refractivity contribution in [3.05, 3.63) is 5.01 Å². The SMILES string of the molecule is CC(C)Cc1nnc(NC(=O)CN(C)CC2CCCCC2O)s1. The van der Waals surface area contributed by atoms with E-state index < -0.39 is 0 Å². The maximum Gasteiger partial charge on any atom is 0.240 e. The van der Waals surface area contributed by atoms with Crippen LogP contribution in [0.25, 0.3) is 0 Å². The van der Waals surface area contributed by atoms with Crippen LogP contribution >= 0.6 is 11.3 Å². The molecule has 2 atom stereocenters. The Balaban J connectivity index is 1.76. The van der Waals surface area contributed by atoms with Crippen LogP contribution in [0.3, 0.4) is 0 Å². The number of rotatable bonds is 7. The molecule has 0 aliphatic heterocycles. The van der Waals surface area contributed by atoms with Crippen LogP contribution in [-0.4, -0.2) is 52.4 Å². The van der Waals surface area contributed by atoms with Gasteiger partial charge in [-0.3, -0.25) is 15.0 Å². The summed E-state index contributed by atoms with van der Waals surface area (Å²) in [6.45, 7) is 5.33. The van der Waals surface area contributed by atoms with Gasteiger partial charge in [-0.25, -0.2) is 0 Å². The molecule has 0 bridgehead atoms. The molecule has 1 fully saturated rings. The van der Waals surface area contributed by atoms with Crippen LogP contribution in [0.1, 0.15) is 44.5 Å². The molecule has 1 aliphatic rings. The van der Waals surface area contributed by atoms with E-state index in [1.165, 1.54) is 17.8 Å². The third-order valence-electron chi connectivity index (χ3n) is 4.12. The third kappa shape index (κ3) is 6.16. The Bertz CT molecular complexity index is 506. The number of hydrogen-bond acceptors (Lipinski definition) is 6. The number of aliphatic hydroxyl groups is 1. The van der Waals surface area contributed by atoms with Crippen molar-refractivity contribution in [3.8, 4) is 0 Å².